The number of ether oxygens (including phenoxy) is 3. The Balaban J connectivity index is 1.71. The first-order valence-electron chi connectivity index (χ1n) is 9.24. The zero-order valence-electron chi connectivity index (χ0n) is 16.6. The second-order valence-electron chi connectivity index (χ2n) is 6.61. The van der Waals surface area contributed by atoms with Gasteiger partial charge in [-0.1, -0.05) is 32.0 Å². The first-order valence-corrected chi connectivity index (χ1v) is 9.24. The minimum absolute atomic E-state index is 0.00400. The fourth-order valence-electron chi connectivity index (χ4n) is 2.71. The van der Waals surface area contributed by atoms with Crippen molar-refractivity contribution in [1.29, 1.82) is 0 Å². The molecule has 0 spiro atoms. The standard InChI is InChI=1S/C22H29NO4/c1-16(2)18-6-5-7-19(15-18)27-13-12-23-22(24)11-9-17-8-10-20(25-3)21(14-17)26-4/h5-8,10,14-16H,9,11-13H2,1-4H3,(H,23,24). The number of amides is 1. The molecular weight excluding hydrogens is 342 g/mol. The van der Waals surface area contributed by atoms with E-state index in [4.69, 9.17) is 14.2 Å². The highest BCUT2D eigenvalue weighted by molar-refractivity contribution is 5.76. The van der Waals surface area contributed by atoms with Crippen molar-refractivity contribution in [2.24, 2.45) is 0 Å². The monoisotopic (exact) mass is 371 g/mol. The number of carbonyl (C=O) groups is 1. The van der Waals surface area contributed by atoms with Crippen molar-refractivity contribution >= 4 is 5.91 Å². The summed E-state index contributed by atoms with van der Waals surface area (Å²) in [4.78, 5) is 12.0. The maximum atomic E-state index is 12.0. The summed E-state index contributed by atoms with van der Waals surface area (Å²) in [6, 6.07) is 13.8. The predicted molar refractivity (Wildman–Crippen MR) is 107 cm³/mol. The smallest absolute Gasteiger partial charge is 0.220 e. The molecule has 27 heavy (non-hydrogen) atoms. The third-order valence-corrected chi connectivity index (χ3v) is 4.31. The van der Waals surface area contributed by atoms with Gasteiger partial charge in [0.25, 0.3) is 0 Å². The first kappa shape index (κ1) is 20.6. The van der Waals surface area contributed by atoms with Gasteiger partial charge in [0, 0.05) is 6.42 Å². The van der Waals surface area contributed by atoms with Crippen LogP contribution in [-0.2, 0) is 11.2 Å². The molecule has 5 nitrogen and oxygen atoms in total. The van der Waals surface area contributed by atoms with E-state index in [1.54, 1.807) is 14.2 Å². The van der Waals surface area contributed by atoms with E-state index in [0.29, 0.717) is 43.4 Å². The maximum Gasteiger partial charge on any atom is 0.220 e. The van der Waals surface area contributed by atoms with Crippen LogP contribution in [0.5, 0.6) is 17.2 Å². The number of nitrogens with one attached hydrogen (secondary N) is 1. The molecule has 0 radical (unpaired) electrons. The molecule has 0 saturated carbocycles. The molecule has 0 fully saturated rings. The van der Waals surface area contributed by atoms with Crippen LogP contribution in [0.4, 0.5) is 0 Å². The van der Waals surface area contributed by atoms with Crippen LogP contribution < -0.4 is 19.5 Å². The second kappa shape index (κ2) is 10.5. The van der Waals surface area contributed by atoms with Crippen molar-refractivity contribution < 1.29 is 19.0 Å². The van der Waals surface area contributed by atoms with Crippen molar-refractivity contribution in [3.05, 3.63) is 53.6 Å². The highest BCUT2D eigenvalue weighted by atomic mass is 16.5. The Bertz CT molecular complexity index is 743. The van der Waals surface area contributed by atoms with Gasteiger partial charge in [0.2, 0.25) is 5.91 Å². The maximum absolute atomic E-state index is 12.0. The van der Waals surface area contributed by atoms with Crippen LogP contribution in [0.1, 0.15) is 37.3 Å². The Kier molecular flexibility index (Phi) is 7.99. The SMILES string of the molecule is COc1ccc(CCC(=O)NCCOc2cccc(C(C)C)c2)cc1OC. The molecule has 2 aromatic carbocycles. The summed E-state index contributed by atoms with van der Waals surface area (Å²) >= 11 is 0. The van der Waals surface area contributed by atoms with Crippen LogP contribution in [0.3, 0.4) is 0 Å². The lowest BCUT2D eigenvalue weighted by molar-refractivity contribution is -0.121. The summed E-state index contributed by atoms with van der Waals surface area (Å²) in [7, 11) is 3.21. The molecule has 0 heterocycles. The molecule has 0 aliphatic carbocycles. The summed E-state index contributed by atoms with van der Waals surface area (Å²) < 4.78 is 16.2. The van der Waals surface area contributed by atoms with E-state index in [2.05, 4.69) is 25.2 Å². The minimum Gasteiger partial charge on any atom is -0.493 e. The third-order valence-electron chi connectivity index (χ3n) is 4.31. The van der Waals surface area contributed by atoms with Crippen molar-refractivity contribution in [3.8, 4) is 17.2 Å². The van der Waals surface area contributed by atoms with Gasteiger partial charge < -0.3 is 19.5 Å². The summed E-state index contributed by atoms with van der Waals surface area (Å²) in [6.07, 6.45) is 1.06. The van der Waals surface area contributed by atoms with Crippen molar-refractivity contribution in [1.82, 2.24) is 5.32 Å². The Labute approximate surface area is 161 Å². The first-order chi connectivity index (χ1) is 13.0. The molecule has 2 aromatic rings. The van der Waals surface area contributed by atoms with Crippen LogP contribution in [0.15, 0.2) is 42.5 Å². The van der Waals surface area contributed by atoms with Gasteiger partial charge in [-0.3, -0.25) is 4.79 Å². The zero-order chi connectivity index (χ0) is 19.6. The molecule has 146 valence electrons. The minimum atomic E-state index is 0.00400. The van der Waals surface area contributed by atoms with Gasteiger partial charge in [0.15, 0.2) is 11.5 Å². The highest BCUT2D eigenvalue weighted by Gasteiger charge is 2.07. The van der Waals surface area contributed by atoms with Crippen LogP contribution in [0.25, 0.3) is 0 Å². The van der Waals surface area contributed by atoms with E-state index in [-0.39, 0.29) is 5.91 Å². The Morgan fingerprint density at radius 2 is 1.81 bits per heavy atom. The summed E-state index contributed by atoms with van der Waals surface area (Å²) in [6.45, 7) is 5.23. The molecule has 0 saturated heterocycles. The highest BCUT2D eigenvalue weighted by Crippen LogP contribution is 2.27. The molecule has 0 unspecified atom stereocenters. The molecule has 0 atom stereocenters. The van der Waals surface area contributed by atoms with Crippen molar-refractivity contribution in [2.45, 2.75) is 32.6 Å². The normalized spacial score (nSPS) is 10.6. The van der Waals surface area contributed by atoms with E-state index >= 15 is 0 Å². The van der Waals surface area contributed by atoms with Crippen LogP contribution in [0.2, 0.25) is 0 Å². The lowest BCUT2D eigenvalue weighted by Gasteiger charge is -2.11. The van der Waals surface area contributed by atoms with Gasteiger partial charge in [-0.2, -0.15) is 0 Å². The van der Waals surface area contributed by atoms with E-state index in [1.807, 2.05) is 36.4 Å². The van der Waals surface area contributed by atoms with Gasteiger partial charge in [-0.25, -0.2) is 0 Å². The Morgan fingerprint density at radius 1 is 1.04 bits per heavy atom. The molecule has 0 bridgehead atoms. The topological polar surface area (TPSA) is 56.8 Å². The summed E-state index contributed by atoms with van der Waals surface area (Å²) in [5, 5.41) is 2.89. The van der Waals surface area contributed by atoms with E-state index in [9.17, 15) is 4.79 Å². The molecule has 0 aliphatic rings. The van der Waals surface area contributed by atoms with Crippen LogP contribution >= 0.6 is 0 Å². The quantitative estimate of drug-likeness (QED) is 0.643. The lowest BCUT2D eigenvalue weighted by atomic mass is 10.0. The van der Waals surface area contributed by atoms with Crippen molar-refractivity contribution in [3.63, 3.8) is 0 Å². The number of hydrogen-bond donors (Lipinski definition) is 1. The summed E-state index contributed by atoms with van der Waals surface area (Å²) in [5.41, 5.74) is 2.27. The number of rotatable bonds is 10. The average Bonchev–Trinajstić information content (AvgIpc) is 2.69. The Morgan fingerprint density at radius 3 is 2.52 bits per heavy atom. The van der Waals surface area contributed by atoms with Crippen LogP contribution in [0, 0.1) is 0 Å². The predicted octanol–water partition coefficient (Wildman–Crippen LogP) is 3.96. The molecular formula is C22H29NO4. The zero-order valence-corrected chi connectivity index (χ0v) is 16.6. The Hall–Kier alpha value is -2.69. The van der Waals surface area contributed by atoms with Gasteiger partial charge in [-0.05, 0) is 47.7 Å². The molecule has 0 aromatic heterocycles. The number of methoxy groups -OCH3 is 2. The van der Waals surface area contributed by atoms with E-state index < -0.39 is 0 Å². The van der Waals surface area contributed by atoms with Crippen molar-refractivity contribution in [2.75, 3.05) is 27.4 Å². The average molecular weight is 371 g/mol. The fourth-order valence-corrected chi connectivity index (χ4v) is 2.71. The van der Waals surface area contributed by atoms with Crippen LogP contribution in [-0.4, -0.2) is 33.3 Å². The lowest BCUT2D eigenvalue weighted by Crippen LogP contribution is -2.28. The van der Waals surface area contributed by atoms with E-state index in [0.717, 1.165) is 11.3 Å². The number of aryl methyl sites for hydroxylation is 1. The largest absolute Gasteiger partial charge is 0.493 e. The second-order valence-corrected chi connectivity index (χ2v) is 6.61. The molecule has 1 amide bonds. The molecule has 0 aliphatic heterocycles. The number of hydrogen-bond acceptors (Lipinski definition) is 4. The number of benzene rings is 2. The van der Waals surface area contributed by atoms with Gasteiger partial charge in [0.1, 0.15) is 12.4 Å². The van der Waals surface area contributed by atoms with Gasteiger partial charge >= 0.3 is 0 Å². The van der Waals surface area contributed by atoms with Gasteiger partial charge in [-0.15, -0.1) is 0 Å². The third kappa shape index (κ3) is 6.51. The van der Waals surface area contributed by atoms with E-state index in [1.165, 1.54) is 5.56 Å². The fraction of sp³-hybridized carbons (Fsp3) is 0.409. The molecule has 2 rings (SSSR count). The summed E-state index contributed by atoms with van der Waals surface area (Å²) in [5.74, 6) is 2.66. The van der Waals surface area contributed by atoms with Gasteiger partial charge in [0.05, 0.1) is 20.8 Å². The molecule has 1 N–H and O–H groups in total. The molecule has 5 heteroatoms. The number of carbonyl (C=O) groups excluding carboxylic acids is 1.